The average Bonchev–Trinajstić information content (AvgIpc) is 3.48. The van der Waals surface area contributed by atoms with E-state index in [4.69, 9.17) is 21.0 Å². The van der Waals surface area contributed by atoms with Crippen molar-refractivity contribution in [1.29, 1.82) is 5.26 Å². The third kappa shape index (κ3) is 6.58. The molecule has 6 heterocycles. The number of hydrogen-bond acceptors (Lipinski definition) is 11. The van der Waals surface area contributed by atoms with Crippen molar-refractivity contribution in [1.82, 2.24) is 39.4 Å². The van der Waals surface area contributed by atoms with Gasteiger partial charge in [0.2, 0.25) is 11.7 Å². The minimum absolute atomic E-state index is 0.154. The summed E-state index contributed by atoms with van der Waals surface area (Å²) in [7, 11) is 0. The Balaban J connectivity index is 1.14. The highest BCUT2D eigenvalue weighted by molar-refractivity contribution is 5.84. The number of pyridine rings is 3. The molecule has 1 aliphatic rings. The molecule has 240 valence electrons. The summed E-state index contributed by atoms with van der Waals surface area (Å²) in [5.41, 5.74) is 11.2. The van der Waals surface area contributed by atoms with Crippen LogP contribution >= 0.6 is 0 Å². The van der Waals surface area contributed by atoms with Crippen LogP contribution in [-0.4, -0.2) is 65.1 Å². The van der Waals surface area contributed by atoms with Crippen molar-refractivity contribution in [2.24, 2.45) is 0 Å². The summed E-state index contributed by atoms with van der Waals surface area (Å²) in [4.78, 5) is 28.5. The van der Waals surface area contributed by atoms with E-state index in [0.29, 0.717) is 45.4 Å². The van der Waals surface area contributed by atoms with Gasteiger partial charge in [0.15, 0.2) is 11.5 Å². The monoisotopic (exact) mass is 645 g/mol. The lowest BCUT2D eigenvalue weighted by atomic mass is 10.0. The van der Waals surface area contributed by atoms with Gasteiger partial charge in [-0.1, -0.05) is 12.1 Å². The number of halogens is 2. The number of hydrogen-bond donors (Lipinski definition) is 2. The Labute approximate surface area is 273 Å². The molecule has 1 fully saturated rings. The molecule has 48 heavy (non-hydrogen) atoms. The van der Waals surface area contributed by atoms with Crippen molar-refractivity contribution in [2.75, 3.05) is 24.1 Å². The number of benzene rings is 1. The van der Waals surface area contributed by atoms with Crippen LogP contribution in [0.4, 0.5) is 20.4 Å². The fourth-order valence-corrected chi connectivity index (χ4v) is 5.82. The second-order valence-corrected chi connectivity index (χ2v) is 11.2. The fourth-order valence-electron chi connectivity index (χ4n) is 5.82. The van der Waals surface area contributed by atoms with Crippen molar-refractivity contribution in [3.8, 4) is 40.3 Å². The van der Waals surface area contributed by atoms with Gasteiger partial charge < -0.3 is 15.8 Å². The van der Waals surface area contributed by atoms with E-state index in [1.807, 2.05) is 34.9 Å². The first-order valence-electron chi connectivity index (χ1n) is 15.3. The standard InChI is InChI=1S/C34H29F2N11O/c35-34(36)48-30-18-22(9-14-40-30)26-7-8-27-33(43-26)47(32(44-27)25-2-1-13-41-31(25)38)24-5-3-21(4-6-24)20-46-16-11-23(12-17-46)42-28-10-15-39-29(19-37)45-28/h1-10,13-15,18,23,34H,11-12,16-17,20H2,(H2,38,41)(H,39,42,45). The molecule has 1 aliphatic heterocycles. The molecule has 7 rings (SSSR count). The van der Waals surface area contributed by atoms with Gasteiger partial charge in [0.25, 0.3) is 0 Å². The number of fused-ring (bicyclic) bond motifs is 1. The lowest BCUT2D eigenvalue weighted by Crippen LogP contribution is -2.38. The molecule has 6 aromatic rings. The Morgan fingerprint density at radius 3 is 2.52 bits per heavy atom. The van der Waals surface area contributed by atoms with Gasteiger partial charge in [-0.15, -0.1) is 0 Å². The van der Waals surface area contributed by atoms with Gasteiger partial charge in [-0.25, -0.2) is 29.9 Å². The summed E-state index contributed by atoms with van der Waals surface area (Å²) in [6, 6.07) is 22.6. The molecule has 1 saturated heterocycles. The molecule has 3 N–H and O–H groups in total. The van der Waals surface area contributed by atoms with Crippen LogP contribution in [0.25, 0.3) is 39.5 Å². The van der Waals surface area contributed by atoms with Crippen molar-refractivity contribution < 1.29 is 13.5 Å². The second kappa shape index (κ2) is 13.3. The zero-order valence-electron chi connectivity index (χ0n) is 25.5. The zero-order valence-corrected chi connectivity index (χ0v) is 25.5. The van der Waals surface area contributed by atoms with Crippen LogP contribution in [0.15, 0.2) is 85.3 Å². The first-order chi connectivity index (χ1) is 23.4. The number of imidazole rings is 1. The quantitative estimate of drug-likeness (QED) is 0.206. The maximum absolute atomic E-state index is 12.8. The van der Waals surface area contributed by atoms with E-state index < -0.39 is 6.61 Å². The van der Waals surface area contributed by atoms with Gasteiger partial charge >= 0.3 is 6.61 Å². The summed E-state index contributed by atoms with van der Waals surface area (Å²) >= 11 is 0. The number of nitrogen functional groups attached to an aromatic ring is 1. The Bertz CT molecular complexity index is 2110. The number of nitrogens with zero attached hydrogens (tertiary/aromatic N) is 9. The lowest BCUT2D eigenvalue weighted by molar-refractivity contribution is -0.0528. The Kier molecular flexibility index (Phi) is 8.50. The first kappa shape index (κ1) is 30.6. The van der Waals surface area contributed by atoms with Crippen molar-refractivity contribution >= 4 is 22.8 Å². The van der Waals surface area contributed by atoms with E-state index in [-0.39, 0.29) is 17.7 Å². The van der Waals surface area contributed by atoms with Crippen molar-refractivity contribution in [3.63, 3.8) is 0 Å². The number of piperidine rings is 1. The van der Waals surface area contributed by atoms with E-state index in [0.717, 1.165) is 43.7 Å². The predicted molar refractivity (Wildman–Crippen MR) is 175 cm³/mol. The molecule has 0 aliphatic carbocycles. The summed E-state index contributed by atoms with van der Waals surface area (Å²) < 4.78 is 32.1. The molecule has 0 atom stereocenters. The van der Waals surface area contributed by atoms with E-state index in [2.05, 4.69) is 47.0 Å². The largest absolute Gasteiger partial charge is 0.417 e. The molecule has 5 aromatic heterocycles. The molecule has 14 heteroatoms. The highest BCUT2D eigenvalue weighted by Crippen LogP contribution is 2.32. The smallest absolute Gasteiger partial charge is 0.388 e. The lowest BCUT2D eigenvalue weighted by Gasteiger charge is -2.32. The molecule has 0 saturated carbocycles. The van der Waals surface area contributed by atoms with Gasteiger partial charge in [0, 0.05) is 61.6 Å². The van der Waals surface area contributed by atoms with Crippen LogP contribution in [0.3, 0.4) is 0 Å². The second-order valence-electron chi connectivity index (χ2n) is 11.2. The maximum Gasteiger partial charge on any atom is 0.388 e. The summed E-state index contributed by atoms with van der Waals surface area (Å²) in [6.45, 7) is -0.367. The molecule has 0 unspecified atom stereocenters. The molecule has 1 aromatic carbocycles. The van der Waals surface area contributed by atoms with Crippen LogP contribution in [-0.2, 0) is 6.54 Å². The van der Waals surface area contributed by atoms with Gasteiger partial charge in [-0.2, -0.15) is 14.0 Å². The normalized spacial score (nSPS) is 13.9. The van der Waals surface area contributed by atoms with E-state index in [1.54, 1.807) is 36.7 Å². The number of ether oxygens (including phenoxy) is 1. The van der Waals surface area contributed by atoms with E-state index in [1.165, 1.54) is 12.3 Å². The molecular formula is C34H29F2N11O. The third-order valence-electron chi connectivity index (χ3n) is 8.12. The van der Waals surface area contributed by atoms with Gasteiger partial charge in [-0.3, -0.25) is 9.47 Å². The fraction of sp³-hybridized carbons (Fsp3) is 0.206. The Morgan fingerprint density at radius 2 is 1.75 bits per heavy atom. The van der Waals surface area contributed by atoms with Crippen LogP contribution in [0.1, 0.15) is 24.2 Å². The topological polar surface area (TPSA) is 157 Å². The van der Waals surface area contributed by atoms with Crippen molar-refractivity contribution in [3.05, 3.63) is 96.7 Å². The van der Waals surface area contributed by atoms with E-state index >= 15 is 0 Å². The van der Waals surface area contributed by atoms with Gasteiger partial charge in [0.1, 0.15) is 23.2 Å². The first-order valence-corrected chi connectivity index (χ1v) is 15.3. The number of nitrogens with two attached hydrogens (primary N) is 1. The molecule has 0 spiro atoms. The van der Waals surface area contributed by atoms with Crippen LogP contribution < -0.4 is 15.8 Å². The Morgan fingerprint density at radius 1 is 0.938 bits per heavy atom. The summed E-state index contributed by atoms with van der Waals surface area (Å²) in [5.74, 6) is 1.53. The molecule has 12 nitrogen and oxygen atoms in total. The third-order valence-corrected chi connectivity index (χ3v) is 8.12. The molecule has 0 amide bonds. The number of likely N-dealkylation sites (tertiary alicyclic amines) is 1. The Hall–Kier alpha value is -6.07. The maximum atomic E-state index is 12.8. The van der Waals surface area contributed by atoms with Gasteiger partial charge in [-0.05, 0) is 66.9 Å². The molecule has 0 radical (unpaired) electrons. The number of nitrogens with one attached hydrogen (secondary N) is 1. The van der Waals surface area contributed by atoms with Crippen LogP contribution in [0.5, 0.6) is 5.88 Å². The number of anilines is 2. The highest BCUT2D eigenvalue weighted by atomic mass is 19.3. The van der Waals surface area contributed by atoms with Crippen LogP contribution in [0.2, 0.25) is 0 Å². The number of nitriles is 1. The van der Waals surface area contributed by atoms with Crippen molar-refractivity contribution in [2.45, 2.75) is 32.0 Å². The predicted octanol–water partition coefficient (Wildman–Crippen LogP) is 5.47. The number of rotatable bonds is 9. The number of aromatic nitrogens is 7. The minimum Gasteiger partial charge on any atom is -0.417 e. The number of alkyl halides is 2. The summed E-state index contributed by atoms with van der Waals surface area (Å²) in [5, 5.41) is 12.5. The SMILES string of the molecule is N#Cc1nccc(NC2CCN(Cc3ccc(-n4c(-c5cccnc5N)nc5ccc(-c6ccnc(OC(F)F)c6)nc54)cc3)CC2)n1. The van der Waals surface area contributed by atoms with Crippen LogP contribution in [0, 0.1) is 11.3 Å². The minimum atomic E-state index is -2.99. The van der Waals surface area contributed by atoms with E-state index in [9.17, 15) is 8.78 Å². The highest BCUT2D eigenvalue weighted by Gasteiger charge is 2.21. The summed E-state index contributed by atoms with van der Waals surface area (Å²) in [6.07, 6.45) is 6.51. The molecule has 0 bridgehead atoms. The molecular weight excluding hydrogens is 616 g/mol. The van der Waals surface area contributed by atoms with Gasteiger partial charge in [0.05, 0.1) is 11.3 Å². The average molecular weight is 646 g/mol. The zero-order chi connectivity index (χ0) is 33.0.